The molecule has 0 spiro atoms. The number of carbonyl (C=O) groups excluding carboxylic acids is 6. The maximum atomic E-state index is 13.4. The molecule has 4 atom stereocenters. The fourth-order valence-electron chi connectivity index (χ4n) is 6.38. The lowest BCUT2D eigenvalue weighted by Crippen LogP contribution is -2.40. The van der Waals surface area contributed by atoms with Gasteiger partial charge in [-0.1, -0.05) is 60.7 Å². The first-order chi connectivity index (χ1) is 23.1. The molecule has 2 fully saturated rings. The molecule has 5 rings (SSSR count). The van der Waals surface area contributed by atoms with Gasteiger partial charge in [-0.3, -0.25) is 28.8 Å². The summed E-state index contributed by atoms with van der Waals surface area (Å²) >= 11 is 0. The third kappa shape index (κ3) is 8.06. The molecule has 0 saturated carbocycles. The van der Waals surface area contributed by atoms with E-state index in [0.29, 0.717) is 25.9 Å². The van der Waals surface area contributed by atoms with Crippen LogP contribution in [0.4, 0.5) is 0 Å². The number of nitrogens with zero attached hydrogens (tertiary/aromatic N) is 2. The second-order valence-corrected chi connectivity index (χ2v) is 12.3. The van der Waals surface area contributed by atoms with Gasteiger partial charge in [-0.15, -0.1) is 0 Å². The Balaban J connectivity index is 1.16. The summed E-state index contributed by atoms with van der Waals surface area (Å²) in [4.78, 5) is 80.0. The number of amides is 6. The zero-order chi connectivity index (χ0) is 34.2. The number of nitrogens with one attached hydrogen (secondary N) is 2. The van der Waals surface area contributed by atoms with Crippen LogP contribution >= 0.6 is 0 Å². The van der Waals surface area contributed by atoms with Crippen LogP contribution in [0.2, 0.25) is 0 Å². The van der Waals surface area contributed by atoms with Gasteiger partial charge in [0, 0.05) is 50.4 Å². The van der Waals surface area contributed by atoms with Crippen molar-refractivity contribution in [3.63, 3.8) is 0 Å². The summed E-state index contributed by atoms with van der Waals surface area (Å²) in [5.74, 6) is -6.01. The van der Waals surface area contributed by atoms with E-state index in [0.717, 1.165) is 11.1 Å². The first-order valence-corrected chi connectivity index (χ1v) is 16.0. The molecule has 2 aliphatic heterocycles. The molecule has 6 amide bonds. The van der Waals surface area contributed by atoms with Gasteiger partial charge in [-0.05, 0) is 48.2 Å². The molecule has 2 saturated heterocycles. The molecule has 12 nitrogen and oxygen atoms in total. The van der Waals surface area contributed by atoms with E-state index in [1.807, 2.05) is 60.7 Å². The van der Waals surface area contributed by atoms with Crippen LogP contribution in [-0.4, -0.2) is 84.5 Å². The lowest BCUT2D eigenvalue weighted by atomic mass is 9.94. The van der Waals surface area contributed by atoms with Crippen molar-refractivity contribution < 1.29 is 28.8 Å². The molecule has 0 radical (unpaired) electrons. The largest absolute Gasteiger partial charge is 0.369 e. The summed E-state index contributed by atoms with van der Waals surface area (Å²) < 4.78 is 0. The Labute approximate surface area is 278 Å². The van der Waals surface area contributed by atoms with Crippen molar-refractivity contribution in [3.05, 3.63) is 107 Å². The molecule has 12 heteroatoms. The number of likely N-dealkylation sites (tertiary alicyclic amines) is 2. The van der Waals surface area contributed by atoms with E-state index in [2.05, 4.69) is 10.6 Å². The van der Waals surface area contributed by atoms with Gasteiger partial charge in [0.2, 0.25) is 23.6 Å². The molecule has 0 unspecified atom stereocenters. The first kappa shape index (κ1) is 33.8. The minimum atomic E-state index is -0.830. The van der Waals surface area contributed by atoms with Crippen LogP contribution in [0.25, 0.3) is 0 Å². The predicted molar refractivity (Wildman–Crippen MR) is 177 cm³/mol. The Morgan fingerprint density at radius 3 is 1.19 bits per heavy atom. The van der Waals surface area contributed by atoms with E-state index in [9.17, 15) is 28.8 Å². The Morgan fingerprint density at radius 1 is 0.521 bits per heavy atom. The third-order valence-electron chi connectivity index (χ3n) is 9.11. The highest BCUT2D eigenvalue weighted by Crippen LogP contribution is 2.27. The smallest absolute Gasteiger partial charge is 0.253 e. The van der Waals surface area contributed by atoms with Crippen LogP contribution in [0.15, 0.2) is 84.9 Å². The fraction of sp³-hybridized carbons (Fsp3) is 0.333. The van der Waals surface area contributed by atoms with Crippen LogP contribution in [0.3, 0.4) is 0 Å². The Morgan fingerprint density at radius 2 is 0.854 bits per heavy atom. The van der Waals surface area contributed by atoms with Gasteiger partial charge in [0.25, 0.3) is 11.8 Å². The molecule has 0 bridgehead atoms. The number of rotatable bonds is 12. The number of primary amides is 2. The molecule has 250 valence electrons. The SMILES string of the molecule is NC(=O)[C@@H]1CN(C(=O)c2ccc(C(=O)N3C[C@@H](C(N)=O)[C@H](C(=O)NCCc4ccccc4)C3)cc2)C[C@H]1C(=O)NCCc1ccccc1. The van der Waals surface area contributed by atoms with E-state index in [4.69, 9.17) is 11.5 Å². The van der Waals surface area contributed by atoms with E-state index in [-0.39, 0.29) is 49.1 Å². The Bertz CT molecular complexity index is 1530. The van der Waals surface area contributed by atoms with Crippen molar-refractivity contribution in [2.45, 2.75) is 12.8 Å². The van der Waals surface area contributed by atoms with Crippen molar-refractivity contribution in [1.82, 2.24) is 20.4 Å². The zero-order valence-electron chi connectivity index (χ0n) is 26.5. The maximum absolute atomic E-state index is 13.4. The third-order valence-corrected chi connectivity index (χ3v) is 9.11. The quantitative estimate of drug-likeness (QED) is 0.224. The second kappa shape index (κ2) is 15.4. The van der Waals surface area contributed by atoms with Gasteiger partial charge in [-0.25, -0.2) is 0 Å². The van der Waals surface area contributed by atoms with Crippen molar-refractivity contribution in [3.8, 4) is 0 Å². The van der Waals surface area contributed by atoms with E-state index in [1.54, 1.807) is 0 Å². The minimum Gasteiger partial charge on any atom is -0.369 e. The van der Waals surface area contributed by atoms with Crippen molar-refractivity contribution in [2.75, 3.05) is 39.3 Å². The molecule has 2 heterocycles. The van der Waals surface area contributed by atoms with Crippen LogP contribution in [0.1, 0.15) is 31.8 Å². The number of hydrogen-bond donors (Lipinski definition) is 4. The zero-order valence-corrected chi connectivity index (χ0v) is 26.5. The van der Waals surface area contributed by atoms with Crippen molar-refractivity contribution >= 4 is 35.4 Å². The summed E-state index contributed by atoms with van der Waals surface area (Å²) in [6, 6.07) is 25.3. The summed E-state index contributed by atoms with van der Waals surface area (Å²) in [6.45, 7) is 0.824. The lowest BCUT2D eigenvalue weighted by molar-refractivity contribution is -0.131. The van der Waals surface area contributed by atoms with Crippen LogP contribution in [-0.2, 0) is 32.0 Å². The average molecular weight is 653 g/mol. The predicted octanol–water partition coefficient (Wildman–Crippen LogP) is 0.751. The van der Waals surface area contributed by atoms with Gasteiger partial charge < -0.3 is 31.9 Å². The molecule has 2 aliphatic rings. The Hall–Kier alpha value is -5.52. The van der Waals surface area contributed by atoms with Crippen LogP contribution in [0, 0.1) is 23.7 Å². The highest BCUT2D eigenvalue weighted by atomic mass is 16.2. The highest BCUT2D eigenvalue weighted by Gasteiger charge is 2.44. The van der Waals surface area contributed by atoms with Gasteiger partial charge in [0.05, 0.1) is 23.7 Å². The molecule has 6 N–H and O–H groups in total. The average Bonchev–Trinajstić information content (AvgIpc) is 3.75. The summed E-state index contributed by atoms with van der Waals surface area (Å²) in [7, 11) is 0. The van der Waals surface area contributed by atoms with Gasteiger partial charge >= 0.3 is 0 Å². The molecule has 3 aromatic carbocycles. The normalized spacial score (nSPS) is 20.2. The number of benzene rings is 3. The first-order valence-electron chi connectivity index (χ1n) is 16.0. The molecule has 3 aromatic rings. The monoisotopic (exact) mass is 652 g/mol. The fourth-order valence-corrected chi connectivity index (χ4v) is 6.38. The van der Waals surface area contributed by atoms with E-state index < -0.39 is 47.3 Å². The van der Waals surface area contributed by atoms with Crippen molar-refractivity contribution in [1.29, 1.82) is 0 Å². The summed E-state index contributed by atoms with van der Waals surface area (Å²) in [5, 5.41) is 5.72. The van der Waals surface area contributed by atoms with Crippen molar-refractivity contribution in [2.24, 2.45) is 35.1 Å². The molecule has 48 heavy (non-hydrogen) atoms. The maximum Gasteiger partial charge on any atom is 0.253 e. The molecule has 0 aromatic heterocycles. The van der Waals surface area contributed by atoms with E-state index >= 15 is 0 Å². The summed E-state index contributed by atoms with van der Waals surface area (Å²) in [5.41, 5.74) is 13.9. The molecule has 0 aliphatic carbocycles. The minimum absolute atomic E-state index is 0.00268. The molecular weight excluding hydrogens is 612 g/mol. The second-order valence-electron chi connectivity index (χ2n) is 12.3. The number of hydrogen-bond acceptors (Lipinski definition) is 6. The highest BCUT2D eigenvalue weighted by molar-refractivity contribution is 6.00. The Kier molecular flexibility index (Phi) is 10.8. The topological polar surface area (TPSA) is 185 Å². The van der Waals surface area contributed by atoms with Crippen LogP contribution in [0.5, 0.6) is 0 Å². The molecular formula is C36H40N6O6. The van der Waals surface area contributed by atoms with E-state index in [1.165, 1.54) is 34.1 Å². The number of nitrogens with two attached hydrogens (primary N) is 2. The standard InChI is InChI=1S/C36H40N6O6/c37-31(43)27-19-41(21-29(27)33(45)39-17-15-23-7-3-1-4-8-23)35(47)25-11-13-26(14-12-25)36(48)42-20-28(32(38)44)30(22-42)34(46)40-18-16-24-9-5-2-6-10-24/h1-14,27-30H,15-22H2,(H2,37,43)(H2,38,44)(H,39,45)(H,40,46)/t27-,28-,29-,30-/m1/s1. The number of carbonyl (C=O) groups is 6. The van der Waals surface area contributed by atoms with Gasteiger partial charge in [0.15, 0.2) is 0 Å². The summed E-state index contributed by atoms with van der Waals surface area (Å²) in [6.07, 6.45) is 1.24. The van der Waals surface area contributed by atoms with Gasteiger partial charge in [0.1, 0.15) is 0 Å². The van der Waals surface area contributed by atoms with Crippen LogP contribution < -0.4 is 22.1 Å². The van der Waals surface area contributed by atoms with Gasteiger partial charge in [-0.2, -0.15) is 0 Å². The lowest BCUT2D eigenvalue weighted by Gasteiger charge is -2.18.